The first-order chi connectivity index (χ1) is 12.2. The number of hydrogen-bond acceptors (Lipinski definition) is 6. The Balaban J connectivity index is 2.09. The zero-order valence-corrected chi connectivity index (χ0v) is 17.4. The summed E-state index contributed by atoms with van der Waals surface area (Å²) in [5, 5.41) is 18.5. The number of rotatable bonds is 5. The van der Waals surface area contributed by atoms with E-state index in [1.54, 1.807) is 0 Å². The van der Waals surface area contributed by atoms with Crippen LogP contribution in [0.15, 0.2) is 0 Å². The van der Waals surface area contributed by atoms with E-state index in [1.165, 1.54) is 0 Å². The third-order valence-electron chi connectivity index (χ3n) is 6.23. The molecule has 2 aliphatic heterocycles. The quantitative estimate of drug-likeness (QED) is 0.426. The maximum absolute atomic E-state index is 10.9. The molecule has 2 fully saturated rings. The summed E-state index contributed by atoms with van der Waals surface area (Å²) in [6.07, 6.45) is -1.93. The van der Waals surface area contributed by atoms with Crippen molar-refractivity contribution in [2.24, 2.45) is 23.7 Å². The molecular formula is C19H34ClNO5. The Morgan fingerprint density at radius 1 is 1.00 bits per heavy atom. The van der Waals surface area contributed by atoms with Crippen molar-refractivity contribution < 1.29 is 24.1 Å². The van der Waals surface area contributed by atoms with Crippen LogP contribution in [0.5, 0.6) is 0 Å². The van der Waals surface area contributed by atoms with E-state index in [0.717, 1.165) is 0 Å². The first-order valence-electron chi connectivity index (χ1n) is 9.65. The second-order valence-electron chi connectivity index (χ2n) is 7.86. The molecule has 0 aromatic carbocycles. The van der Waals surface area contributed by atoms with Gasteiger partial charge in [-0.3, -0.25) is 5.41 Å². The summed E-state index contributed by atoms with van der Waals surface area (Å²) in [5.41, 5.74) is 0. The van der Waals surface area contributed by atoms with Gasteiger partial charge in [-0.15, -0.1) is 11.6 Å². The molecule has 2 N–H and O–H groups in total. The largest absolute Gasteiger partial charge is 0.451 e. The van der Waals surface area contributed by atoms with Crippen LogP contribution in [0.4, 0.5) is 0 Å². The van der Waals surface area contributed by atoms with Crippen LogP contribution in [0.2, 0.25) is 0 Å². The fourth-order valence-electron chi connectivity index (χ4n) is 3.78. The molecule has 0 amide bonds. The molecule has 0 saturated carbocycles. The first kappa shape index (κ1) is 21.9. The average molecular weight is 392 g/mol. The summed E-state index contributed by atoms with van der Waals surface area (Å²) in [7, 11) is 0. The third kappa shape index (κ3) is 4.53. The van der Waals surface area contributed by atoms with Crippen molar-refractivity contribution in [2.75, 3.05) is 5.88 Å². The van der Waals surface area contributed by atoms with Gasteiger partial charge in [0.2, 0.25) is 6.29 Å². The summed E-state index contributed by atoms with van der Waals surface area (Å²) >= 11 is 5.63. The molecule has 6 nitrogen and oxygen atoms in total. The minimum absolute atomic E-state index is 0.0270. The fourth-order valence-corrected chi connectivity index (χ4v) is 3.84. The monoisotopic (exact) mass is 391 g/mol. The van der Waals surface area contributed by atoms with Crippen LogP contribution < -0.4 is 0 Å². The molecule has 0 aromatic rings. The van der Waals surface area contributed by atoms with Crippen molar-refractivity contribution in [3.05, 3.63) is 0 Å². The lowest BCUT2D eigenvalue weighted by atomic mass is 9.79. The Kier molecular flexibility index (Phi) is 7.74. The van der Waals surface area contributed by atoms with E-state index in [4.69, 9.17) is 36.0 Å². The first-order valence-corrected chi connectivity index (χ1v) is 10.2. The normalized spacial score (nSPS) is 46.8. The lowest BCUT2D eigenvalue weighted by molar-refractivity contribution is -0.323. The van der Waals surface area contributed by atoms with E-state index in [2.05, 4.69) is 27.7 Å². The van der Waals surface area contributed by atoms with Gasteiger partial charge < -0.3 is 24.1 Å². The van der Waals surface area contributed by atoms with Crippen LogP contribution in [0.25, 0.3) is 0 Å². The van der Waals surface area contributed by atoms with Crippen molar-refractivity contribution in [1.82, 2.24) is 0 Å². The molecule has 10 atom stereocenters. The SMILES string of the molecule is CCC1OC(OC(=N)CCl)C(C)[C@@H](O)[C@@H]1O[C@@H]1O[C@@H](C)[C@@H](C)C(C)C1C. The van der Waals surface area contributed by atoms with Gasteiger partial charge in [0, 0.05) is 11.8 Å². The van der Waals surface area contributed by atoms with Gasteiger partial charge >= 0.3 is 0 Å². The summed E-state index contributed by atoms with van der Waals surface area (Å²) in [6, 6.07) is 0. The molecule has 0 aliphatic carbocycles. The van der Waals surface area contributed by atoms with Gasteiger partial charge in [-0.2, -0.15) is 0 Å². The number of aliphatic hydroxyl groups is 1. The van der Waals surface area contributed by atoms with Crippen LogP contribution in [-0.4, -0.2) is 53.9 Å². The smallest absolute Gasteiger partial charge is 0.206 e. The molecule has 0 radical (unpaired) electrons. The number of hydrogen-bond donors (Lipinski definition) is 2. The summed E-state index contributed by atoms with van der Waals surface area (Å²) in [6.45, 7) is 12.4. The third-order valence-corrected chi connectivity index (χ3v) is 6.47. The molecule has 0 spiro atoms. The summed E-state index contributed by atoms with van der Waals surface area (Å²) in [4.78, 5) is 0. The van der Waals surface area contributed by atoms with Gasteiger partial charge in [-0.05, 0) is 25.2 Å². The second kappa shape index (κ2) is 9.20. The number of alkyl halides is 1. The maximum atomic E-state index is 10.9. The van der Waals surface area contributed by atoms with Gasteiger partial charge in [0.25, 0.3) is 0 Å². The van der Waals surface area contributed by atoms with Gasteiger partial charge in [-0.25, -0.2) is 0 Å². The Morgan fingerprint density at radius 3 is 2.23 bits per heavy atom. The highest BCUT2D eigenvalue weighted by Gasteiger charge is 2.47. The van der Waals surface area contributed by atoms with E-state index >= 15 is 0 Å². The predicted molar refractivity (Wildman–Crippen MR) is 100 cm³/mol. The zero-order valence-electron chi connectivity index (χ0n) is 16.6. The van der Waals surface area contributed by atoms with E-state index in [0.29, 0.717) is 18.3 Å². The van der Waals surface area contributed by atoms with Crippen LogP contribution in [0.3, 0.4) is 0 Å². The van der Waals surface area contributed by atoms with Crippen molar-refractivity contribution in [1.29, 1.82) is 5.41 Å². The minimum Gasteiger partial charge on any atom is -0.451 e. The average Bonchev–Trinajstić information content (AvgIpc) is 2.63. The highest BCUT2D eigenvalue weighted by Crippen LogP contribution is 2.38. The van der Waals surface area contributed by atoms with Gasteiger partial charge in [0.1, 0.15) is 6.10 Å². The van der Waals surface area contributed by atoms with Crippen molar-refractivity contribution in [2.45, 2.75) is 85.0 Å². The van der Waals surface area contributed by atoms with E-state index in [9.17, 15) is 5.11 Å². The molecule has 152 valence electrons. The van der Waals surface area contributed by atoms with Gasteiger partial charge in [0.05, 0.1) is 24.2 Å². The second-order valence-corrected chi connectivity index (χ2v) is 8.13. The van der Waals surface area contributed by atoms with E-state index in [1.807, 2.05) is 13.8 Å². The van der Waals surface area contributed by atoms with Crippen LogP contribution in [0, 0.1) is 29.1 Å². The molecule has 26 heavy (non-hydrogen) atoms. The van der Waals surface area contributed by atoms with Gasteiger partial charge in [-0.1, -0.05) is 34.6 Å². The molecule has 0 bridgehead atoms. The Hall–Kier alpha value is -0.400. The molecule has 2 saturated heterocycles. The molecule has 2 heterocycles. The Labute approximate surface area is 162 Å². The van der Waals surface area contributed by atoms with Crippen molar-refractivity contribution in [3.8, 4) is 0 Å². The predicted octanol–water partition coefficient (Wildman–Crippen LogP) is 3.39. The molecule has 2 aliphatic rings. The standard InChI is InChI=1S/C19H34ClNO5/c1-7-14-17(16(22)12(5)19(24-14)25-15(21)8-20)26-18-11(4)9(2)10(3)13(6)23-18/h9-14,16-19,21-22H,7-8H2,1-6H3/t9?,10-,11?,12?,13-,14?,16+,17+,18-,19?/m0/s1. The number of halogens is 1. The lowest BCUT2D eigenvalue weighted by Gasteiger charge is -2.47. The van der Waals surface area contributed by atoms with E-state index < -0.39 is 18.5 Å². The fraction of sp³-hybridized carbons (Fsp3) is 0.947. The molecular weight excluding hydrogens is 358 g/mol. The minimum atomic E-state index is -0.775. The van der Waals surface area contributed by atoms with E-state index in [-0.39, 0.29) is 42.1 Å². The highest BCUT2D eigenvalue weighted by molar-refractivity contribution is 6.26. The number of nitrogens with one attached hydrogen (secondary N) is 1. The highest BCUT2D eigenvalue weighted by atomic mass is 35.5. The molecule has 2 rings (SSSR count). The van der Waals surface area contributed by atoms with Crippen LogP contribution in [-0.2, 0) is 18.9 Å². The Morgan fingerprint density at radius 2 is 1.65 bits per heavy atom. The summed E-state index contributed by atoms with van der Waals surface area (Å²) < 4.78 is 23.8. The zero-order chi connectivity index (χ0) is 19.6. The topological polar surface area (TPSA) is 81.0 Å². The summed E-state index contributed by atoms with van der Waals surface area (Å²) in [5.74, 6) is 0.700. The molecule has 5 unspecified atom stereocenters. The van der Waals surface area contributed by atoms with Crippen LogP contribution >= 0.6 is 11.6 Å². The van der Waals surface area contributed by atoms with Crippen molar-refractivity contribution >= 4 is 17.5 Å². The van der Waals surface area contributed by atoms with Crippen LogP contribution in [0.1, 0.15) is 48.0 Å². The molecule has 7 heteroatoms. The lowest BCUT2D eigenvalue weighted by Crippen LogP contribution is -2.58. The Bertz CT molecular complexity index is 477. The number of ether oxygens (including phenoxy) is 4. The maximum Gasteiger partial charge on any atom is 0.206 e. The molecule has 0 aromatic heterocycles. The van der Waals surface area contributed by atoms with Gasteiger partial charge in [0.15, 0.2) is 12.2 Å². The van der Waals surface area contributed by atoms with Crippen molar-refractivity contribution in [3.63, 3.8) is 0 Å². The number of aliphatic hydroxyl groups excluding tert-OH is 1.